The van der Waals surface area contributed by atoms with E-state index in [1.165, 1.54) is 22.6 Å². The van der Waals surface area contributed by atoms with Crippen molar-refractivity contribution in [2.24, 2.45) is 11.7 Å². The third-order valence-corrected chi connectivity index (χ3v) is 4.32. The van der Waals surface area contributed by atoms with E-state index in [-0.39, 0.29) is 6.04 Å². The molecule has 16 heavy (non-hydrogen) atoms. The van der Waals surface area contributed by atoms with Crippen molar-refractivity contribution < 1.29 is 0 Å². The van der Waals surface area contributed by atoms with Gasteiger partial charge in [0.2, 0.25) is 0 Å². The van der Waals surface area contributed by atoms with Crippen LogP contribution < -0.4 is 5.73 Å². The maximum atomic E-state index is 5.98. The van der Waals surface area contributed by atoms with Crippen molar-refractivity contribution in [3.63, 3.8) is 0 Å². The standard InChI is InChI=1S/C14H23NS/c1-4-11(3)10-16-13-8-6-12(7-9-13)14(15)5-2/h6-9,11,14H,4-5,10,15H2,1-3H3. The lowest BCUT2D eigenvalue weighted by molar-refractivity contribution is 0.637. The molecule has 0 aromatic heterocycles. The predicted molar refractivity (Wildman–Crippen MR) is 73.8 cm³/mol. The Morgan fingerprint density at radius 3 is 2.25 bits per heavy atom. The topological polar surface area (TPSA) is 26.0 Å². The molecule has 0 spiro atoms. The molecule has 0 saturated carbocycles. The van der Waals surface area contributed by atoms with E-state index in [4.69, 9.17) is 5.73 Å². The van der Waals surface area contributed by atoms with E-state index in [2.05, 4.69) is 45.0 Å². The quantitative estimate of drug-likeness (QED) is 0.749. The molecular formula is C14H23NS. The van der Waals surface area contributed by atoms with Gasteiger partial charge in [0, 0.05) is 16.7 Å². The van der Waals surface area contributed by atoms with E-state index < -0.39 is 0 Å². The first kappa shape index (κ1) is 13.6. The van der Waals surface area contributed by atoms with Crippen molar-refractivity contribution in [2.75, 3.05) is 5.75 Å². The first-order valence-electron chi connectivity index (χ1n) is 6.15. The van der Waals surface area contributed by atoms with E-state index in [0.717, 1.165) is 12.3 Å². The molecule has 0 heterocycles. The molecule has 2 N–H and O–H groups in total. The van der Waals surface area contributed by atoms with Crippen molar-refractivity contribution in [2.45, 2.75) is 44.6 Å². The van der Waals surface area contributed by atoms with Crippen LogP contribution in [0.3, 0.4) is 0 Å². The van der Waals surface area contributed by atoms with Gasteiger partial charge in [-0.15, -0.1) is 11.8 Å². The van der Waals surface area contributed by atoms with Gasteiger partial charge in [-0.1, -0.05) is 39.3 Å². The van der Waals surface area contributed by atoms with Gasteiger partial charge in [0.1, 0.15) is 0 Å². The molecule has 1 rings (SSSR count). The zero-order valence-electron chi connectivity index (χ0n) is 10.6. The Kier molecular flexibility index (Phi) is 5.93. The van der Waals surface area contributed by atoms with Gasteiger partial charge in [-0.2, -0.15) is 0 Å². The lowest BCUT2D eigenvalue weighted by Gasteiger charge is -2.11. The highest BCUT2D eigenvalue weighted by Crippen LogP contribution is 2.24. The number of benzene rings is 1. The number of hydrogen-bond acceptors (Lipinski definition) is 2. The molecule has 0 aliphatic heterocycles. The maximum absolute atomic E-state index is 5.98. The van der Waals surface area contributed by atoms with E-state index in [0.29, 0.717) is 0 Å². The Hall–Kier alpha value is -0.470. The summed E-state index contributed by atoms with van der Waals surface area (Å²) in [5, 5.41) is 0. The average Bonchev–Trinajstić information content (AvgIpc) is 2.35. The molecular weight excluding hydrogens is 214 g/mol. The monoisotopic (exact) mass is 237 g/mol. The van der Waals surface area contributed by atoms with Gasteiger partial charge in [-0.05, 0) is 30.0 Å². The van der Waals surface area contributed by atoms with Gasteiger partial charge in [0.25, 0.3) is 0 Å². The van der Waals surface area contributed by atoms with Crippen LogP contribution in [0, 0.1) is 5.92 Å². The summed E-state index contributed by atoms with van der Waals surface area (Å²) < 4.78 is 0. The molecule has 0 aliphatic carbocycles. The van der Waals surface area contributed by atoms with Crippen molar-refractivity contribution in [3.05, 3.63) is 29.8 Å². The number of rotatable bonds is 6. The smallest absolute Gasteiger partial charge is 0.0292 e. The van der Waals surface area contributed by atoms with Gasteiger partial charge < -0.3 is 5.73 Å². The molecule has 0 saturated heterocycles. The minimum Gasteiger partial charge on any atom is -0.324 e. The van der Waals surface area contributed by atoms with Crippen molar-refractivity contribution in [1.82, 2.24) is 0 Å². The molecule has 1 aromatic carbocycles. The van der Waals surface area contributed by atoms with Crippen LogP contribution in [0.5, 0.6) is 0 Å². The normalized spacial score (nSPS) is 14.8. The number of hydrogen-bond donors (Lipinski definition) is 1. The second kappa shape index (κ2) is 6.97. The van der Waals surface area contributed by atoms with Gasteiger partial charge in [0.15, 0.2) is 0 Å². The Balaban J connectivity index is 2.51. The summed E-state index contributed by atoms with van der Waals surface area (Å²) in [7, 11) is 0. The van der Waals surface area contributed by atoms with Crippen molar-refractivity contribution >= 4 is 11.8 Å². The van der Waals surface area contributed by atoms with Crippen molar-refractivity contribution in [1.29, 1.82) is 0 Å². The zero-order valence-corrected chi connectivity index (χ0v) is 11.4. The highest BCUT2D eigenvalue weighted by atomic mass is 32.2. The molecule has 0 aliphatic rings. The van der Waals surface area contributed by atoms with Gasteiger partial charge >= 0.3 is 0 Å². The van der Waals surface area contributed by atoms with Crippen LogP contribution in [0.25, 0.3) is 0 Å². The Morgan fingerprint density at radius 2 is 1.75 bits per heavy atom. The summed E-state index contributed by atoms with van der Waals surface area (Å²) >= 11 is 1.94. The fraction of sp³-hybridized carbons (Fsp3) is 0.571. The predicted octanol–water partition coefficient (Wildman–Crippen LogP) is 4.23. The molecule has 0 amide bonds. The molecule has 0 radical (unpaired) electrons. The summed E-state index contributed by atoms with van der Waals surface area (Å²) in [5.74, 6) is 2.00. The summed E-state index contributed by atoms with van der Waals surface area (Å²) in [4.78, 5) is 1.35. The third kappa shape index (κ3) is 4.18. The molecule has 1 aromatic rings. The Labute approximate surface area is 104 Å². The molecule has 0 fully saturated rings. The highest BCUT2D eigenvalue weighted by Gasteiger charge is 2.04. The highest BCUT2D eigenvalue weighted by molar-refractivity contribution is 7.99. The number of nitrogens with two attached hydrogens (primary N) is 1. The van der Waals surface area contributed by atoms with Gasteiger partial charge in [0.05, 0.1) is 0 Å². The molecule has 90 valence electrons. The third-order valence-electron chi connectivity index (χ3n) is 2.98. The summed E-state index contributed by atoms with van der Waals surface area (Å²) in [6.45, 7) is 6.67. The molecule has 0 bridgehead atoms. The first-order valence-corrected chi connectivity index (χ1v) is 7.14. The Morgan fingerprint density at radius 1 is 1.12 bits per heavy atom. The molecule has 2 heteroatoms. The molecule has 1 nitrogen and oxygen atoms in total. The van der Waals surface area contributed by atoms with Crippen LogP contribution in [0.4, 0.5) is 0 Å². The van der Waals surface area contributed by atoms with Gasteiger partial charge in [-0.3, -0.25) is 0 Å². The van der Waals surface area contributed by atoms with Crippen LogP contribution in [0.2, 0.25) is 0 Å². The second-order valence-electron chi connectivity index (χ2n) is 4.41. The number of thioether (sulfide) groups is 1. The Bertz CT molecular complexity index is 294. The lowest BCUT2D eigenvalue weighted by atomic mass is 10.1. The zero-order chi connectivity index (χ0) is 12.0. The average molecular weight is 237 g/mol. The fourth-order valence-corrected chi connectivity index (χ4v) is 2.44. The molecule has 2 atom stereocenters. The van der Waals surface area contributed by atoms with E-state index >= 15 is 0 Å². The van der Waals surface area contributed by atoms with E-state index in [1.807, 2.05) is 11.8 Å². The van der Waals surface area contributed by atoms with Crippen LogP contribution in [0.15, 0.2) is 29.2 Å². The van der Waals surface area contributed by atoms with Crippen LogP contribution in [-0.4, -0.2) is 5.75 Å². The first-order chi connectivity index (χ1) is 7.67. The summed E-state index contributed by atoms with van der Waals surface area (Å²) in [6, 6.07) is 8.89. The van der Waals surface area contributed by atoms with Crippen LogP contribution in [-0.2, 0) is 0 Å². The van der Waals surface area contributed by atoms with Gasteiger partial charge in [-0.25, -0.2) is 0 Å². The summed E-state index contributed by atoms with van der Waals surface area (Å²) in [6.07, 6.45) is 2.26. The minimum absolute atomic E-state index is 0.189. The van der Waals surface area contributed by atoms with Crippen LogP contribution in [0.1, 0.15) is 45.2 Å². The second-order valence-corrected chi connectivity index (χ2v) is 5.50. The summed E-state index contributed by atoms with van der Waals surface area (Å²) in [5.41, 5.74) is 7.23. The minimum atomic E-state index is 0.189. The largest absolute Gasteiger partial charge is 0.324 e. The van der Waals surface area contributed by atoms with Crippen LogP contribution >= 0.6 is 11.8 Å². The van der Waals surface area contributed by atoms with E-state index in [9.17, 15) is 0 Å². The van der Waals surface area contributed by atoms with E-state index in [1.54, 1.807) is 0 Å². The SMILES string of the molecule is CCC(C)CSc1ccc(C(N)CC)cc1. The molecule has 2 unspecified atom stereocenters. The fourth-order valence-electron chi connectivity index (χ4n) is 1.40. The van der Waals surface area contributed by atoms with Crippen molar-refractivity contribution in [3.8, 4) is 0 Å². The maximum Gasteiger partial charge on any atom is 0.0292 e. The lowest BCUT2D eigenvalue weighted by Crippen LogP contribution is -2.08.